The molecule has 0 aliphatic carbocycles. The van der Waals surface area contributed by atoms with Gasteiger partial charge < -0.3 is 10.1 Å². The summed E-state index contributed by atoms with van der Waals surface area (Å²) < 4.78 is 18.5. The Hall–Kier alpha value is -3.59. The number of halogens is 1. The number of aromatic nitrogens is 3. The molecule has 2 aromatic carbocycles. The maximum absolute atomic E-state index is 13.8. The van der Waals surface area contributed by atoms with E-state index in [0.29, 0.717) is 33.6 Å². The van der Waals surface area contributed by atoms with Crippen LogP contribution in [0.25, 0.3) is 10.9 Å². The minimum absolute atomic E-state index is 0.138. The molecule has 0 radical (unpaired) electrons. The van der Waals surface area contributed by atoms with Gasteiger partial charge in [-0.3, -0.25) is 9.89 Å². The number of fused-ring (bicyclic) bond motifs is 1. The summed E-state index contributed by atoms with van der Waals surface area (Å²) in [5, 5.41) is 12.2. The van der Waals surface area contributed by atoms with Crippen LogP contribution in [0.4, 0.5) is 10.1 Å². The molecule has 0 unspecified atom stereocenters. The average molecular weight is 410 g/mol. The zero-order valence-corrected chi connectivity index (χ0v) is 16.0. The predicted octanol–water partition coefficient (Wildman–Crippen LogP) is 3.79. The normalized spacial score (nSPS) is 10.8. The molecule has 0 saturated carbocycles. The van der Waals surface area contributed by atoms with Crippen molar-refractivity contribution in [3.05, 3.63) is 75.6 Å². The molecule has 0 saturated heterocycles. The van der Waals surface area contributed by atoms with Crippen LogP contribution in [-0.2, 0) is 11.2 Å². The number of amides is 1. The Bertz CT molecular complexity index is 1220. The molecule has 4 aromatic rings. The lowest BCUT2D eigenvalue weighted by Crippen LogP contribution is -2.12. The SMILES string of the molecule is COC(=O)c1n[nH]c2ccc(NC(=O)c3csc(Cc4ccccc4F)n3)cc12. The van der Waals surface area contributed by atoms with Crippen molar-refractivity contribution in [2.24, 2.45) is 0 Å². The number of carbonyl (C=O) groups excluding carboxylic acids is 2. The van der Waals surface area contributed by atoms with Crippen molar-refractivity contribution in [1.82, 2.24) is 15.2 Å². The lowest BCUT2D eigenvalue weighted by molar-refractivity contribution is 0.0596. The molecule has 0 fully saturated rings. The van der Waals surface area contributed by atoms with Crippen LogP contribution in [0.2, 0.25) is 0 Å². The molecule has 4 rings (SSSR count). The molecule has 1 amide bonds. The molecule has 9 heteroatoms. The first-order valence-electron chi connectivity index (χ1n) is 8.61. The van der Waals surface area contributed by atoms with Gasteiger partial charge >= 0.3 is 5.97 Å². The molecule has 7 nitrogen and oxygen atoms in total. The Morgan fingerprint density at radius 3 is 2.86 bits per heavy atom. The van der Waals surface area contributed by atoms with Crippen molar-refractivity contribution in [2.75, 3.05) is 12.4 Å². The van der Waals surface area contributed by atoms with Crippen LogP contribution in [-0.4, -0.2) is 34.2 Å². The van der Waals surface area contributed by atoms with Crippen molar-refractivity contribution in [2.45, 2.75) is 6.42 Å². The number of nitrogens with zero attached hydrogens (tertiary/aromatic N) is 2. The van der Waals surface area contributed by atoms with E-state index in [4.69, 9.17) is 4.74 Å². The fraction of sp³-hybridized carbons (Fsp3) is 0.100. The van der Waals surface area contributed by atoms with Gasteiger partial charge in [-0.05, 0) is 29.8 Å². The van der Waals surface area contributed by atoms with Crippen LogP contribution in [0.1, 0.15) is 31.5 Å². The third-order valence-corrected chi connectivity index (χ3v) is 5.13. The smallest absolute Gasteiger partial charge is 0.359 e. The van der Waals surface area contributed by atoms with Gasteiger partial charge in [0.25, 0.3) is 5.91 Å². The molecule has 2 N–H and O–H groups in total. The van der Waals surface area contributed by atoms with E-state index in [1.54, 1.807) is 41.8 Å². The van der Waals surface area contributed by atoms with Crippen LogP contribution >= 0.6 is 11.3 Å². The van der Waals surface area contributed by atoms with Gasteiger partial charge in [0, 0.05) is 22.9 Å². The van der Waals surface area contributed by atoms with Gasteiger partial charge in [-0.1, -0.05) is 18.2 Å². The molecule has 0 aliphatic heterocycles. The second-order valence-electron chi connectivity index (χ2n) is 6.17. The molecule has 0 aliphatic rings. The maximum atomic E-state index is 13.8. The number of H-pyrrole nitrogens is 1. The Morgan fingerprint density at radius 1 is 1.24 bits per heavy atom. The van der Waals surface area contributed by atoms with E-state index in [0.717, 1.165) is 0 Å². The molecule has 146 valence electrons. The van der Waals surface area contributed by atoms with E-state index in [1.807, 2.05) is 0 Å². The highest BCUT2D eigenvalue weighted by atomic mass is 32.1. The highest BCUT2D eigenvalue weighted by Crippen LogP contribution is 2.22. The maximum Gasteiger partial charge on any atom is 0.359 e. The van der Waals surface area contributed by atoms with Crippen LogP contribution in [0.5, 0.6) is 0 Å². The summed E-state index contributed by atoms with van der Waals surface area (Å²) >= 11 is 1.29. The standard InChI is InChI=1S/C20H15FN4O3S/c1-28-20(27)18-13-9-12(6-7-15(13)24-25-18)22-19(26)16-10-29-17(23-16)8-11-4-2-3-5-14(11)21/h2-7,9-10H,8H2,1H3,(H,22,26)(H,24,25). The summed E-state index contributed by atoms with van der Waals surface area (Å²) in [6, 6.07) is 11.5. The Balaban J connectivity index is 1.52. The van der Waals surface area contributed by atoms with Gasteiger partial charge in [-0.15, -0.1) is 11.3 Å². The molecule has 0 spiro atoms. The molecule has 29 heavy (non-hydrogen) atoms. The van der Waals surface area contributed by atoms with Crippen molar-refractivity contribution in [1.29, 1.82) is 0 Å². The number of esters is 1. The number of hydrogen-bond donors (Lipinski definition) is 2. The average Bonchev–Trinajstić information content (AvgIpc) is 3.36. The van der Waals surface area contributed by atoms with E-state index >= 15 is 0 Å². The first-order valence-corrected chi connectivity index (χ1v) is 9.48. The van der Waals surface area contributed by atoms with Gasteiger partial charge in [0.2, 0.25) is 0 Å². The first-order chi connectivity index (χ1) is 14.0. The quantitative estimate of drug-likeness (QED) is 0.488. The fourth-order valence-corrected chi connectivity index (χ4v) is 3.64. The summed E-state index contributed by atoms with van der Waals surface area (Å²) in [5.41, 5.74) is 2.03. The van der Waals surface area contributed by atoms with Crippen molar-refractivity contribution in [3.8, 4) is 0 Å². The topological polar surface area (TPSA) is 97.0 Å². The monoisotopic (exact) mass is 410 g/mol. The molecule has 0 atom stereocenters. The number of thiazole rings is 1. The zero-order chi connectivity index (χ0) is 20.4. The number of nitrogens with one attached hydrogen (secondary N) is 2. The van der Waals surface area contributed by atoms with Crippen LogP contribution < -0.4 is 5.32 Å². The first kappa shape index (κ1) is 18.8. The molecular formula is C20H15FN4O3S. The largest absolute Gasteiger partial charge is 0.464 e. The molecular weight excluding hydrogens is 395 g/mol. The highest BCUT2D eigenvalue weighted by molar-refractivity contribution is 7.09. The van der Waals surface area contributed by atoms with Crippen molar-refractivity contribution >= 4 is 39.8 Å². The number of ether oxygens (including phenoxy) is 1. The molecule has 2 aromatic heterocycles. The van der Waals surface area contributed by atoms with Crippen LogP contribution in [0.15, 0.2) is 47.8 Å². The number of carbonyl (C=O) groups is 2. The van der Waals surface area contributed by atoms with Gasteiger partial charge in [0.05, 0.1) is 17.6 Å². The van der Waals surface area contributed by atoms with Crippen LogP contribution in [0, 0.1) is 5.82 Å². The number of hydrogen-bond acceptors (Lipinski definition) is 6. The fourth-order valence-electron chi connectivity index (χ4n) is 2.84. The second-order valence-corrected chi connectivity index (χ2v) is 7.12. The van der Waals surface area contributed by atoms with Gasteiger partial charge in [-0.25, -0.2) is 14.2 Å². The summed E-state index contributed by atoms with van der Waals surface area (Å²) in [7, 11) is 1.27. The predicted molar refractivity (Wildman–Crippen MR) is 107 cm³/mol. The Labute approximate surface area is 168 Å². The number of rotatable bonds is 5. The van der Waals surface area contributed by atoms with Gasteiger partial charge in [0.15, 0.2) is 5.69 Å². The number of aromatic amines is 1. The van der Waals surface area contributed by atoms with E-state index < -0.39 is 11.9 Å². The van der Waals surface area contributed by atoms with Crippen molar-refractivity contribution < 1.29 is 18.7 Å². The van der Waals surface area contributed by atoms with Gasteiger partial charge in [-0.2, -0.15) is 5.10 Å². The summed E-state index contributed by atoms with van der Waals surface area (Å²) in [4.78, 5) is 28.6. The minimum Gasteiger partial charge on any atom is -0.464 e. The second kappa shape index (κ2) is 7.80. The Kier molecular flexibility index (Phi) is 5.05. The van der Waals surface area contributed by atoms with Crippen LogP contribution in [0.3, 0.4) is 0 Å². The molecule has 2 heterocycles. The number of benzene rings is 2. The van der Waals surface area contributed by atoms with E-state index in [2.05, 4.69) is 20.5 Å². The van der Waals surface area contributed by atoms with Crippen molar-refractivity contribution in [3.63, 3.8) is 0 Å². The number of anilines is 1. The molecule has 0 bridgehead atoms. The summed E-state index contributed by atoms with van der Waals surface area (Å²) in [6.45, 7) is 0. The van der Waals surface area contributed by atoms with E-state index in [1.165, 1.54) is 24.5 Å². The summed E-state index contributed by atoms with van der Waals surface area (Å²) in [5.74, 6) is -1.27. The number of methoxy groups -OCH3 is 1. The third kappa shape index (κ3) is 3.85. The highest BCUT2D eigenvalue weighted by Gasteiger charge is 2.17. The van der Waals surface area contributed by atoms with Gasteiger partial charge in [0.1, 0.15) is 11.5 Å². The minimum atomic E-state index is -0.572. The lowest BCUT2D eigenvalue weighted by atomic mass is 10.1. The Morgan fingerprint density at radius 2 is 2.07 bits per heavy atom. The summed E-state index contributed by atoms with van der Waals surface area (Å²) in [6.07, 6.45) is 0.314. The zero-order valence-electron chi connectivity index (χ0n) is 15.2. The van der Waals surface area contributed by atoms with E-state index in [9.17, 15) is 14.0 Å². The third-order valence-electron chi connectivity index (χ3n) is 4.28. The lowest BCUT2D eigenvalue weighted by Gasteiger charge is -2.04. The van der Waals surface area contributed by atoms with E-state index in [-0.39, 0.29) is 17.2 Å².